The van der Waals surface area contributed by atoms with Crippen LogP contribution in [0, 0.1) is 6.92 Å². The zero-order chi connectivity index (χ0) is 15.0. The van der Waals surface area contributed by atoms with Crippen molar-refractivity contribution >= 4 is 17.1 Å². The molecule has 3 heterocycles. The lowest BCUT2D eigenvalue weighted by Gasteiger charge is -2.03. The summed E-state index contributed by atoms with van der Waals surface area (Å²) in [5.74, 6) is -0.454. The summed E-state index contributed by atoms with van der Waals surface area (Å²) in [5.41, 5.74) is 2.49. The van der Waals surface area contributed by atoms with Gasteiger partial charge in [-0.1, -0.05) is 5.16 Å². The highest BCUT2D eigenvalue weighted by molar-refractivity contribution is 6.04. The molecule has 0 aliphatic heterocycles. The standard InChI is InChI=1S/C14H14N4O3/c1-4-18-6-5-10(16-18)11-7-9(14(19)20-3)12-8(2)17-21-13(12)15-11/h5-7H,4H2,1-3H3. The third-order valence-electron chi connectivity index (χ3n) is 3.25. The van der Waals surface area contributed by atoms with Crippen molar-refractivity contribution in [3.63, 3.8) is 0 Å². The lowest BCUT2D eigenvalue weighted by atomic mass is 10.1. The number of aromatic nitrogens is 4. The van der Waals surface area contributed by atoms with Crippen LogP contribution >= 0.6 is 0 Å². The number of rotatable bonds is 3. The molecule has 0 saturated heterocycles. The SMILES string of the molecule is CCn1ccc(-c2cc(C(=O)OC)c3c(C)noc3n2)n1. The van der Waals surface area contributed by atoms with E-state index in [2.05, 4.69) is 15.2 Å². The molecule has 3 rings (SSSR count). The van der Waals surface area contributed by atoms with Crippen LogP contribution in [-0.4, -0.2) is 33.0 Å². The zero-order valence-electron chi connectivity index (χ0n) is 12.0. The second kappa shape index (κ2) is 5.01. The number of hydrogen-bond acceptors (Lipinski definition) is 6. The lowest BCUT2D eigenvalue weighted by Crippen LogP contribution is -2.04. The van der Waals surface area contributed by atoms with E-state index in [1.165, 1.54) is 7.11 Å². The number of carbonyl (C=O) groups is 1. The summed E-state index contributed by atoms with van der Waals surface area (Å²) < 4.78 is 11.8. The van der Waals surface area contributed by atoms with E-state index in [4.69, 9.17) is 9.26 Å². The molecular formula is C14H14N4O3. The number of carbonyl (C=O) groups excluding carboxylic acids is 1. The average Bonchev–Trinajstić information content (AvgIpc) is 3.12. The molecule has 3 aromatic heterocycles. The molecule has 0 bridgehead atoms. The van der Waals surface area contributed by atoms with E-state index in [-0.39, 0.29) is 0 Å². The van der Waals surface area contributed by atoms with Crippen molar-refractivity contribution in [2.75, 3.05) is 7.11 Å². The topological polar surface area (TPSA) is 83.0 Å². The van der Waals surface area contributed by atoms with Gasteiger partial charge in [0, 0.05) is 12.7 Å². The Balaban J connectivity index is 2.23. The number of ether oxygens (including phenoxy) is 1. The van der Waals surface area contributed by atoms with Gasteiger partial charge in [-0.3, -0.25) is 4.68 Å². The summed E-state index contributed by atoms with van der Waals surface area (Å²) in [4.78, 5) is 16.4. The van der Waals surface area contributed by atoms with Crippen LogP contribution in [0.3, 0.4) is 0 Å². The van der Waals surface area contributed by atoms with E-state index in [0.29, 0.717) is 33.7 Å². The Labute approximate surface area is 120 Å². The normalized spacial score (nSPS) is 11.0. The molecule has 0 radical (unpaired) electrons. The van der Waals surface area contributed by atoms with Crippen LogP contribution in [-0.2, 0) is 11.3 Å². The maximum atomic E-state index is 12.0. The highest BCUT2D eigenvalue weighted by Crippen LogP contribution is 2.26. The van der Waals surface area contributed by atoms with E-state index in [1.807, 2.05) is 19.2 Å². The molecule has 3 aromatic rings. The van der Waals surface area contributed by atoms with E-state index in [1.54, 1.807) is 17.7 Å². The first-order valence-corrected chi connectivity index (χ1v) is 6.53. The van der Waals surface area contributed by atoms with Gasteiger partial charge in [0.15, 0.2) is 0 Å². The second-order valence-electron chi connectivity index (χ2n) is 4.55. The smallest absolute Gasteiger partial charge is 0.338 e. The quantitative estimate of drug-likeness (QED) is 0.686. The van der Waals surface area contributed by atoms with Crippen LogP contribution in [0.15, 0.2) is 22.9 Å². The van der Waals surface area contributed by atoms with Gasteiger partial charge >= 0.3 is 5.97 Å². The fraction of sp³-hybridized carbons (Fsp3) is 0.286. The molecule has 108 valence electrons. The van der Waals surface area contributed by atoms with Crippen LogP contribution in [0.4, 0.5) is 0 Å². The van der Waals surface area contributed by atoms with Crippen molar-refractivity contribution in [1.82, 2.24) is 19.9 Å². The van der Waals surface area contributed by atoms with Crippen LogP contribution < -0.4 is 0 Å². The Bertz CT molecular complexity index is 819. The van der Waals surface area contributed by atoms with E-state index < -0.39 is 5.97 Å². The van der Waals surface area contributed by atoms with Gasteiger partial charge in [-0.05, 0) is 26.0 Å². The molecule has 0 aromatic carbocycles. The summed E-state index contributed by atoms with van der Waals surface area (Å²) in [6, 6.07) is 3.49. The Kier molecular flexibility index (Phi) is 3.17. The molecule has 0 amide bonds. The minimum Gasteiger partial charge on any atom is -0.465 e. The molecule has 0 unspecified atom stereocenters. The number of methoxy groups -OCH3 is 1. The van der Waals surface area contributed by atoms with Crippen molar-refractivity contribution in [2.45, 2.75) is 20.4 Å². The van der Waals surface area contributed by atoms with Gasteiger partial charge < -0.3 is 9.26 Å². The largest absolute Gasteiger partial charge is 0.465 e. The number of hydrogen-bond donors (Lipinski definition) is 0. The monoisotopic (exact) mass is 286 g/mol. The fourth-order valence-corrected chi connectivity index (χ4v) is 2.17. The third kappa shape index (κ3) is 2.16. The Hall–Kier alpha value is -2.70. The van der Waals surface area contributed by atoms with Gasteiger partial charge in [0.2, 0.25) is 0 Å². The van der Waals surface area contributed by atoms with Crippen molar-refractivity contribution < 1.29 is 14.1 Å². The summed E-state index contributed by atoms with van der Waals surface area (Å²) in [6.07, 6.45) is 1.85. The average molecular weight is 286 g/mol. The first-order chi connectivity index (χ1) is 10.1. The fourth-order valence-electron chi connectivity index (χ4n) is 2.17. The molecule has 7 nitrogen and oxygen atoms in total. The molecule has 0 fully saturated rings. The predicted molar refractivity (Wildman–Crippen MR) is 74.8 cm³/mol. The minimum atomic E-state index is -0.454. The molecule has 21 heavy (non-hydrogen) atoms. The number of fused-ring (bicyclic) bond motifs is 1. The van der Waals surface area contributed by atoms with Crippen LogP contribution in [0.1, 0.15) is 23.0 Å². The first-order valence-electron chi connectivity index (χ1n) is 6.53. The molecule has 0 atom stereocenters. The number of pyridine rings is 1. The predicted octanol–water partition coefficient (Wildman–Crippen LogP) is 2.20. The summed E-state index contributed by atoms with van der Waals surface area (Å²) >= 11 is 0. The first kappa shape index (κ1) is 13.3. The van der Waals surface area contributed by atoms with Crippen molar-refractivity contribution in [3.05, 3.63) is 29.6 Å². The third-order valence-corrected chi connectivity index (χ3v) is 3.25. The van der Waals surface area contributed by atoms with E-state index in [9.17, 15) is 4.79 Å². The Morgan fingerprint density at radius 1 is 1.43 bits per heavy atom. The molecule has 0 spiro atoms. The van der Waals surface area contributed by atoms with E-state index in [0.717, 1.165) is 6.54 Å². The van der Waals surface area contributed by atoms with Crippen LogP contribution in [0.2, 0.25) is 0 Å². The van der Waals surface area contributed by atoms with Crippen LogP contribution in [0.5, 0.6) is 0 Å². The number of nitrogens with zero attached hydrogens (tertiary/aromatic N) is 4. The number of esters is 1. The Morgan fingerprint density at radius 3 is 2.90 bits per heavy atom. The lowest BCUT2D eigenvalue weighted by molar-refractivity contribution is 0.0603. The summed E-state index contributed by atoms with van der Waals surface area (Å²) in [5, 5.41) is 8.81. The summed E-state index contributed by atoms with van der Waals surface area (Å²) in [6.45, 7) is 4.51. The zero-order valence-corrected chi connectivity index (χ0v) is 12.0. The van der Waals surface area contributed by atoms with Gasteiger partial charge in [0.1, 0.15) is 5.69 Å². The minimum absolute atomic E-state index is 0.302. The van der Waals surface area contributed by atoms with Crippen molar-refractivity contribution in [1.29, 1.82) is 0 Å². The molecule has 0 aliphatic carbocycles. The molecule has 7 heteroatoms. The van der Waals surface area contributed by atoms with Gasteiger partial charge in [0.25, 0.3) is 5.71 Å². The number of aryl methyl sites for hydroxylation is 2. The maximum absolute atomic E-state index is 12.0. The molecular weight excluding hydrogens is 272 g/mol. The maximum Gasteiger partial charge on any atom is 0.338 e. The van der Waals surface area contributed by atoms with Gasteiger partial charge in [-0.15, -0.1) is 0 Å². The highest BCUT2D eigenvalue weighted by atomic mass is 16.5. The molecule has 0 saturated carbocycles. The van der Waals surface area contributed by atoms with Crippen LogP contribution in [0.25, 0.3) is 22.5 Å². The summed E-state index contributed by atoms with van der Waals surface area (Å²) in [7, 11) is 1.34. The second-order valence-corrected chi connectivity index (χ2v) is 4.55. The van der Waals surface area contributed by atoms with Crippen molar-refractivity contribution in [3.8, 4) is 11.4 Å². The van der Waals surface area contributed by atoms with Gasteiger partial charge in [-0.25, -0.2) is 9.78 Å². The Morgan fingerprint density at radius 2 is 2.24 bits per heavy atom. The molecule has 0 N–H and O–H groups in total. The van der Waals surface area contributed by atoms with Crippen molar-refractivity contribution in [2.24, 2.45) is 0 Å². The highest BCUT2D eigenvalue weighted by Gasteiger charge is 2.20. The van der Waals surface area contributed by atoms with Gasteiger partial charge in [-0.2, -0.15) is 5.10 Å². The van der Waals surface area contributed by atoms with E-state index >= 15 is 0 Å². The van der Waals surface area contributed by atoms with Gasteiger partial charge in [0.05, 0.1) is 29.4 Å². The molecule has 0 aliphatic rings.